The summed E-state index contributed by atoms with van der Waals surface area (Å²) in [6, 6.07) is 0. The molecule has 0 aromatic carbocycles. The summed E-state index contributed by atoms with van der Waals surface area (Å²) >= 11 is 0. The van der Waals surface area contributed by atoms with Crippen LogP contribution in [0.1, 0.15) is 0 Å². The minimum atomic E-state index is -1.91. The first-order valence-electron chi connectivity index (χ1n) is 1.45. The van der Waals surface area contributed by atoms with Crippen LogP contribution in [0.5, 0.6) is 0 Å². The quantitative estimate of drug-likeness (QED) is 0.267. The smallest absolute Gasteiger partial charge is 0.800 e. The molecule has 1 aliphatic heterocycles. The SMILES string of the molecule is [Ca+2].[O-][PH]1=NP=NP=N1.[Rf].[Rf].[Rf].[Rf].[Rf]. The summed E-state index contributed by atoms with van der Waals surface area (Å²) in [5, 5.41) is 0. The average Bonchev–Trinajstić information content (AvgIpc) is 1.69. The molecule has 0 radical (unpaired) electrons. The van der Waals surface area contributed by atoms with Crippen LogP contribution < -0.4 is 4.89 Å². The number of nitrogens with zero attached hydrogens (tertiary/aromatic N) is 3. The van der Waals surface area contributed by atoms with Gasteiger partial charge in [-0.25, -0.2) is 9.03 Å². The average molecular weight is 1530 g/mol. The van der Waals surface area contributed by atoms with E-state index in [0.717, 1.165) is 0 Å². The van der Waals surface area contributed by atoms with Crippen LogP contribution in [0.25, 0.3) is 0 Å². The summed E-state index contributed by atoms with van der Waals surface area (Å²) in [7, 11) is -0.773. The van der Waals surface area contributed by atoms with Crippen LogP contribution in [0, 0.1) is 0 Å². The first-order chi connectivity index (χ1) is 3.39. The van der Waals surface area contributed by atoms with E-state index in [4.69, 9.17) is 0 Å². The molecular weight excluding hydrogens is 1530 g/mol. The second kappa shape index (κ2) is 23.4. The van der Waals surface area contributed by atoms with E-state index in [0.29, 0.717) is 17.0 Å². The monoisotopic (exact) mass is 1530 g/mol. The third kappa shape index (κ3) is 17.7. The van der Waals surface area contributed by atoms with Crippen molar-refractivity contribution in [3.63, 3.8) is 0 Å². The van der Waals surface area contributed by atoms with E-state index in [1.165, 1.54) is 0 Å². The Balaban J connectivity index is -0.0000000204. The standard InChI is InChI=1S/Ca.HN3OP3.5Rf/c;4-7-2-5-1-6-3-7;;;;;/h;7H;;;;;/q+2;-1;;;;;. The van der Waals surface area contributed by atoms with Crippen molar-refractivity contribution < 1.29 is 4.89 Å². The van der Waals surface area contributed by atoms with Crippen molar-refractivity contribution in [2.75, 3.05) is 0 Å². The zero-order valence-electron chi connectivity index (χ0n) is 7.39. The van der Waals surface area contributed by atoms with Gasteiger partial charge in [-0.05, 0) is 0 Å². The summed E-state index contributed by atoms with van der Waals surface area (Å²) in [6.07, 6.45) is 0. The topological polar surface area (TPSA) is 60.1 Å². The molecule has 0 amide bonds. The molecule has 0 aliphatic carbocycles. The normalized spacial score (nSPS) is 17.2. The van der Waals surface area contributed by atoms with Gasteiger partial charge in [0.1, 0.15) is 0 Å². The Morgan fingerprint density at radius 2 is 1.38 bits per heavy atom. The van der Waals surface area contributed by atoms with Crippen molar-refractivity contribution in [1.29, 1.82) is 0 Å². The van der Waals surface area contributed by atoms with Gasteiger partial charge < -0.3 is 4.89 Å². The van der Waals surface area contributed by atoms with Crippen LogP contribution in [-0.4, -0.2) is 37.7 Å². The maximum Gasteiger partial charge on any atom is 2.00 e. The van der Waals surface area contributed by atoms with E-state index >= 15 is 0 Å². The molecule has 13 heavy (non-hydrogen) atoms. The van der Waals surface area contributed by atoms with Gasteiger partial charge in [-0.3, -0.25) is 0 Å². The van der Waals surface area contributed by atoms with Crippen LogP contribution >= 0.6 is 25.1 Å². The maximum atomic E-state index is 10.2. The molecule has 0 saturated heterocycles. The molecule has 1 heterocycles. The van der Waals surface area contributed by atoms with E-state index in [1.54, 1.807) is 0 Å². The molecular formula is HCaN3OP3Rf5+. The molecule has 0 N–H and O–H groups in total. The van der Waals surface area contributed by atoms with E-state index in [9.17, 15) is 4.89 Å². The number of rotatable bonds is 0. The van der Waals surface area contributed by atoms with Crippen molar-refractivity contribution in [2.24, 2.45) is 13.5 Å². The van der Waals surface area contributed by atoms with Crippen molar-refractivity contribution in [3.05, 3.63) is 0 Å². The molecule has 0 fully saturated rings. The fourth-order valence-corrected chi connectivity index (χ4v) is 2.47. The third-order valence-electron chi connectivity index (χ3n) is 0.341. The van der Waals surface area contributed by atoms with Gasteiger partial charge >= 0.3 is 37.7 Å². The van der Waals surface area contributed by atoms with Crippen molar-refractivity contribution in [2.45, 2.75) is 0 Å². The predicted molar refractivity (Wildman–Crippen MR) is 35.2 cm³/mol. The first-order valence-corrected chi connectivity index (χ1v) is 4.35. The molecule has 1 rings (SSSR count). The molecule has 13 heteroatoms. The van der Waals surface area contributed by atoms with Gasteiger partial charge in [-0.1, -0.05) is 0 Å². The van der Waals surface area contributed by atoms with Crippen LogP contribution in [0.2, 0.25) is 0 Å². The summed E-state index contributed by atoms with van der Waals surface area (Å²) in [5.41, 5.74) is 0. The van der Waals surface area contributed by atoms with Gasteiger partial charge in [0.2, 0.25) is 0 Å². The summed E-state index contributed by atoms with van der Waals surface area (Å²) in [6.45, 7) is 0. The van der Waals surface area contributed by atoms with Crippen LogP contribution in [0.4, 0.5) is 0 Å². The summed E-state index contributed by atoms with van der Waals surface area (Å²) in [4.78, 5) is 10.2. The molecule has 0 saturated carbocycles. The molecule has 48 valence electrons. The van der Waals surface area contributed by atoms with Crippen molar-refractivity contribution >= 4 is 62.9 Å². The Morgan fingerprint density at radius 3 is 1.54 bits per heavy atom. The van der Waals surface area contributed by atoms with Crippen LogP contribution in [0.15, 0.2) is 13.5 Å². The van der Waals surface area contributed by atoms with Gasteiger partial charge in [0, 0.05) is 8.09 Å². The van der Waals surface area contributed by atoms with Gasteiger partial charge in [-0.2, -0.15) is 4.52 Å². The Labute approximate surface area is 80.6 Å². The minimum absolute atomic E-state index is 0. The molecule has 1 aliphatic rings. The van der Waals surface area contributed by atoms with Gasteiger partial charge in [0.15, 0.2) is 17.0 Å². The minimum Gasteiger partial charge on any atom is -0.800 e. The Hall–Kier alpha value is -3.35. The van der Waals surface area contributed by atoms with Crippen molar-refractivity contribution in [3.8, 4) is 0 Å². The Bertz CT molecular complexity index is 163. The second-order valence-electron chi connectivity index (χ2n) is 0.751. The molecule has 1 unspecified atom stereocenters. The van der Waals surface area contributed by atoms with Crippen molar-refractivity contribution in [1.82, 2.24) is 0 Å². The number of hydrogen-bond acceptors (Lipinski definition) is 4. The second-order valence-corrected chi connectivity index (χ2v) is 3.99. The Kier molecular flexibility index (Phi) is 97.6. The van der Waals surface area contributed by atoms with Crippen LogP contribution in [0.3, 0.4) is 0 Å². The predicted octanol–water partition coefficient (Wildman–Crippen LogP) is 1.30. The molecule has 0 aromatic rings. The number of hydrogen-bond donors (Lipinski definition) is 0. The van der Waals surface area contributed by atoms with E-state index in [2.05, 4.69) is 13.5 Å². The van der Waals surface area contributed by atoms with Crippen LogP contribution in [-0.2, 0) is 0 Å². The first kappa shape index (κ1) is 54.2. The fraction of sp³-hybridized carbons (Fsp3) is 0. The van der Waals surface area contributed by atoms with Gasteiger partial charge in [0.25, 0.3) is 0 Å². The third-order valence-corrected chi connectivity index (χ3v) is 3.06. The largest absolute Gasteiger partial charge is 2.00 e. The maximum absolute atomic E-state index is 10.2. The van der Waals surface area contributed by atoms with Gasteiger partial charge in [0.05, 0.1) is 0 Å². The molecule has 0 bridgehead atoms. The van der Waals surface area contributed by atoms with E-state index in [1.807, 2.05) is 0 Å². The molecule has 1 atom stereocenters. The fourth-order valence-electron chi connectivity index (χ4n) is 0.154. The zero-order chi connectivity index (χ0) is 5.11. The summed E-state index contributed by atoms with van der Waals surface area (Å²) in [5.74, 6) is 0. The summed E-state index contributed by atoms with van der Waals surface area (Å²) < 4.78 is 10.7. The molecule has 0 aromatic heterocycles. The molecule has 0 spiro atoms. The van der Waals surface area contributed by atoms with Gasteiger partial charge in [-0.15, -0.1) is 0 Å². The zero-order valence-corrected chi connectivity index (χ0v) is 44.4. The van der Waals surface area contributed by atoms with E-state index in [-0.39, 0.29) is 37.7 Å². The Morgan fingerprint density at radius 1 is 0.923 bits per heavy atom. The molecule has 4 nitrogen and oxygen atoms in total. The van der Waals surface area contributed by atoms with E-state index < -0.39 is 8.09 Å².